The molecule has 0 saturated heterocycles. The molecule has 18 heavy (non-hydrogen) atoms. The predicted molar refractivity (Wildman–Crippen MR) is 69.3 cm³/mol. The van der Waals surface area contributed by atoms with Gasteiger partial charge in [-0.15, -0.1) is 0 Å². The highest BCUT2D eigenvalue weighted by Crippen LogP contribution is 2.28. The fourth-order valence-electron chi connectivity index (χ4n) is 1.71. The van der Waals surface area contributed by atoms with Gasteiger partial charge in [0.05, 0.1) is 7.11 Å². The van der Waals surface area contributed by atoms with Crippen molar-refractivity contribution < 1.29 is 14.6 Å². The Balaban J connectivity index is 3.06. The Morgan fingerprint density at radius 1 is 1.50 bits per heavy atom. The van der Waals surface area contributed by atoms with Gasteiger partial charge < -0.3 is 21.3 Å². The molecule has 0 fully saturated rings. The lowest BCUT2D eigenvalue weighted by molar-refractivity contribution is -0.124. The minimum absolute atomic E-state index is 0.0473. The van der Waals surface area contributed by atoms with Crippen LogP contribution in [0.25, 0.3) is 0 Å². The van der Waals surface area contributed by atoms with Crippen molar-refractivity contribution in [3.05, 3.63) is 23.8 Å². The van der Waals surface area contributed by atoms with E-state index in [9.17, 15) is 9.90 Å². The molecule has 100 valence electrons. The van der Waals surface area contributed by atoms with Gasteiger partial charge in [-0.2, -0.15) is 0 Å². The number of phenols is 1. The number of methoxy groups -OCH3 is 1. The van der Waals surface area contributed by atoms with E-state index in [1.807, 2.05) is 13.8 Å². The van der Waals surface area contributed by atoms with E-state index in [2.05, 4.69) is 0 Å². The summed E-state index contributed by atoms with van der Waals surface area (Å²) in [7, 11) is 1.51. The molecule has 1 aromatic rings. The van der Waals surface area contributed by atoms with Gasteiger partial charge in [-0.1, -0.05) is 19.9 Å². The molecule has 0 spiro atoms. The van der Waals surface area contributed by atoms with Crippen molar-refractivity contribution in [1.82, 2.24) is 0 Å². The van der Waals surface area contributed by atoms with E-state index < -0.39 is 11.4 Å². The van der Waals surface area contributed by atoms with Gasteiger partial charge in [0.15, 0.2) is 0 Å². The molecule has 0 aliphatic carbocycles. The van der Waals surface area contributed by atoms with Crippen LogP contribution in [0.15, 0.2) is 18.2 Å². The Bertz CT molecular complexity index is 446. The zero-order valence-corrected chi connectivity index (χ0v) is 10.9. The van der Waals surface area contributed by atoms with Crippen LogP contribution in [0.2, 0.25) is 0 Å². The summed E-state index contributed by atoms with van der Waals surface area (Å²) < 4.78 is 4.99. The predicted octanol–water partition coefficient (Wildman–Crippen LogP) is 0.782. The molecule has 0 aliphatic rings. The molecule has 0 bridgehead atoms. The Labute approximate surface area is 107 Å². The van der Waals surface area contributed by atoms with Gasteiger partial charge in [0, 0.05) is 12.5 Å². The molecule has 1 amide bonds. The average molecular weight is 252 g/mol. The Morgan fingerprint density at radius 3 is 2.50 bits per heavy atom. The van der Waals surface area contributed by atoms with Gasteiger partial charge >= 0.3 is 0 Å². The van der Waals surface area contributed by atoms with Crippen LogP contribution >= 0.6 is 0 Å². The van der Waals surface area contributed by atoms with Crippen molar-refractivity contribution in [2.75, 3.05) is 7.11 Å². The van der Waals surface area contributed by atoms with E-state index >= 15 is 0 Å². The number of primary amides is 1. The average Bonchev–Trinajstić information content (AvgIpc) is 2.30. The highest BCUT2D eigenvalue weighted by atomic mass is 16.5. The molecule has 0 aliphatic heterocycles. The summed E-state index contributed by atoms with van der Waals surface area (Å²) in [6.07, 6.45) is 0.190. The SMILES string of the molecule is COc1ccc(C[C@@](N)(C(N)=O)C(C)C)c(O)c1. The van der Waals surface area contributed by atoms with Gasteiger partial charge in [0.2, 0.25) is 5.91 Å². The second-order valence-corrected chi connectivity index (χ2v) is 4.73. The van der Waals surface area contributed by atoms with Crippen molar-refractivity contribution in [2.45, 2.75) is 25.8 Å². The summed E-state index contributed by atoms with van der Waals surface area (Å²) in [5, 5.41) is 9.86. The number of hydrogen-bond donors (Lipinski definition) is 3. The largest absolute Gasteiger partial charge is 0.508 e. The summed E-state index contributed by atoms with van der Waals surface area (Å²) in [6, 6.07) is 4.87. The number of rotatable bonds is 5. The zero-order valence-electron chi connectivity index (χ0n) is 10.9. The van der Waals surface area contributed by atoms with E-state index in [1.165, 1.54) is 13.2 Å². The lowest BCUT2D eigenvalue weighted by Gasteiger charge is -2.30. The molecule has 5 N–H and O–H groups in total. The number of amides is 1. The standard InChI is InChI=1S/C13H20N2O3/c1-8(2)13(15,12(14)17)7-9-4-5-10(18-3)6-11(9)16/h4-6,8,16H,7,15H2,1-3H3,(H2,14,17)/t13-/m0/s1. The Morgan fingerprint density at radius 2 is 2.11 bits per heavy atom. The van der Waals surface area contributed by atoms with E-state index in [1.54, 1.807) is 12.1 Å². The van der Waals surface area contributed by atoms with Crippen molar-refractivity contribution in [2.24, 2.45) is 17.4 Å². The highest BCUT2D eigenvalue weighted by Gasteiger charge is 2.36. The van der Waals surface area contributed by atoms with E-state index in [4.69, 9.17) is 16.2 Å². The summed E-state index contributed by atoms with van der Waals surface area (Å²) in [5.74, 6) is -0.113. The fraction of sp³-hybridized carbons (Fsp3) is 0.462. The second-order valence-electron chi connectivity index (χ2n) is 4.73. The summed E-state index contributed by atoms with van der Waals surface area (Å²) >= 11 is 0. The quantitative estimate of drug-likeness (QED) is 0.721. The number of carbonyl (C=O) groups excluding carboxylic acids is 1. The summed E-state index contributed by atoms with van der Waals surface area (Å²) in [5.41, 5.74) is 10.8. The Hall–Kier alpha value is -1.75. The van der Waals surface area contributed by atoms with E-state index in [-0.39, 0.29) is 18.1 Å². The number of phenolic OH excluding ortho intramolecular Hbond substituents is 1. The highest BCUT2D eigenvalue weighted by molar-refractivity contribution is 5.85. The monoisotopic (exact) mass is 252 g/mol. The smallest absolute Gasteiger partial charge is 0.238 e. The van der Waals surface area contributed by atoms with Crippen molar-refractivity contribution in [1.29, 1.82) is 0 Å². The van der Waals surface area contributed by atoms with Crippen LogP contribution in [-0.4, -0.2) is 23.7 Å². The third-order valence-corrected chi connectivity index (χ3v) is 3.26. The summed E-state index contributed by atoms with van der Waals surface area (Å²) in [4.78, 5) is 11.5. The van der Waals surface area contributed by atoms with Crippen LogP contribution in [-0.2, 0) is 11.2 Å². The van der Waals surface area contributed by atoms with Crippen LogP contribution in [0.1, 0.15) is 19.4 Å². The zero-order chi connectivity index (χ0) is 13.9. The van der Waals surface area contributed by atoms with Gasteiger partial charge in [0.25, 0.3) is 0 Å². The van der Waals surface area contributed by atoms with Crippen LogP contribution in [0, 0.1) is 5.92 Å². The van der Waals surface area contributed by atoms with Crippen LogP contribution < -0.4 is 16.2 Å². The van der Waals surface area contributed by atoms with Crippen LogP contribution in [0.3, 0.4) is 0 Å². The maximum atomic E-state index is 11.5. The first kappa shape index (κ1) is 14.3. The minimum Gasteiger partial charge on any atom is -0.508 e. The fourth-order valence-corrected chi connectivity index (χ4v) is 1.71. The molecule has 0 unspecified atom stereocenters. The van der Waals surface area contributed by atoms with Crippen LogP contribution in [0.5, 0.6) is 11.5 Å². The third-order valence-electron chi connectivity index (χ3n) is 3.26. The maximum absolute atomic E-state index is 11.5. The molecule has 1 aromatic carbocycles. The number of ether oxygens (including phenoxy) is 1. The van der Waals surface area contributed by atoms with Crippen molar-refractivity contribution in [3.63, 3.8) is 0 Å². The van der Waals surface area contributed by atoms with Crippen molar-refractivity contribution >= 4 is 5.91 Å². The molecular weight excluding hydrogens is 232 g/mol. The normalized spacial score (nSPS) is 14.3. The lowest BCUT2D eigenvalue weighted by atomic mass is 9.81. The second kappa shape index (κ2) is 5.27. The molecule has 0 saturated carbocycles. The van der Waals surface area contributed by atoms with Gasteiger partial charge in [-0.05, 0) is 17.5 Å². The van der Waals surface area contributed by atoms with E-state index in [0.29, 0.717) is 11.3 Å². The van der Waals surface area contributed by atoms with Gasteiger partial charge in [0.1, 0.15) is 17.0 Å². The summed E-state index contributed by atoms with van der Waals surface area (Å²) in [6.45, 7) is 3.65. The molecule has 1 atom stereocenters. The number of benzene rings is 1. The Kier molecular flexibility index (Phi) is 4.19. The first-order valence-electron chi connectivity index (χ1n) is 5.76. The third kappa shape index (κ3) is 2.73. The molecule has 1 rings (SSSR count). The first-order valence-corrected chi connectivity index (χ1v) is 5.76. The van der Waals surface area contributed by atoms with E-state index in [0.717, 1.165) is 0 Å². The minimum atomic E-state index is -1.17. The van der Waals surface area contributed by atoms with Gasteiger partial charge in [-0.25, -0.2) is 0 Å². The number of hydrogen-bond acceptors (Lipinski definition) is 4. The van der Waals surface area contributed by atoms with Gasteiger partial charge in [-0.3, -0.25) is 4.79 Å². The van der Waals surface area contributed by atoms with Crippen LogP contribution in [0.4, 0.5) is 0 Å². The lowest BCUT2D eigenvalue weighted by Crippen LogP contribution is -2.57. The number of aromatic hydroxyl groups is 1. The molecule has 0 heterocycles. The molecule has 5 heteroatoms. The topological polar surface area (TPSA) is 98.6 Å². The first-order chi connectivity index (χ1) is 8.31. The molecule has 5 nitrogen and oxygen atoms in total. The van der Waals surface area contributed by atoms with Crippen molar-refractivity contribution in [3.8, 4) is 11.5 Å². The molecular formula is C13H20N2O3. The molecule has 0 radical (unpaired) electrons. The number of nitrogens with two attached hydrogens (primary N) is 2. The number of carbonyl (C=O) groups is 1. The molecule has 0 aromatic heterocycles. The maximum Gasteiger partial charge on any atom is 0.238 e.